The van der Waals surface area contributed by atoms with Crippen molar-refractivity contribution in [2.24, 2.45) is 0 Å². The number of alkyl halides is 3. The smallest absolute Gasteiger partial charge is 0.323 e. The zero-order chi connectivity index (χ0) is 17.8. The third-order valence-electron chi connectivity index (χ3n) is 4.25. The molecule has 2 aliphatic rings. The maximum absolute atomic E-state index is 13.0. The van der Waals surface area contributed by atoms with Crippen LogP contribution in [-0.4, -0.2) is 17.6 Å². The first kappa shape index (κ1) is 16.0. The molecule has 2 aromatic carbocycles. The molecule has 2 amide bonds. The van der Waals surface area contributed by atoms with E-state index in [0.717, 1.165) is 23.9 Å². The lowest BCUT2D eigenvalue weighted by atomic mass is 10.0. The normalized spacial score (nSPS) is 22.4. The lowest BCUT2D eigenvalue weighted by molar-refractivity contribution is -0.137. The number of halogens is 3. The van der Waals surface area contributed by atoms with Gasteiger partial charge in [-0.15, -0.1) is 11.8 Å². The van der Waals surface area contributed by atoms with Gasteiger partial charge in [0.15, 0.2) is 0 Å². The van der Waals surface area contributed by atoms with E-state index in [4.69, 9.17) is 0 Å². The lowest BCUT2D eigenvalue weighted by Crippen LogP contribution is -2.47. The lowest BCUT2D eigenvalue weighted by Gasteiger charge is -2.32. The van der Waals surface area contributed by atoms with Gasteiger partial charge >= 0.3 is 6.18 Å². The van der Waals surface area contributed by atoms with Crippen molar-refractivity contribution in [2.75, 3.05) is 16.0 Å². The molecule has 0 radical (unpaired) electrons. The highest BCUT2D eigenvalue weighted by molar-refractivity contribution is 8.02. The zero-order valence-corrected chi connectivity index (χ0v) is 13.4. The summed E-state index contributed by atoms with van der Waals surface area (Å²) in [4.78, 5) is 25.0. The minimum Gasteiger partial charge on any atom is -0.323 e. The number of nitrogens with one attached hydrogen (secondary N) is 1. The van der Waals surface area contributed by atoms with Crippen LogP contribution in [0.25, 0.3) is 0 Å². The molecule has 4 rings (SSSR count). The van der Waals surface area contributed by atoms with Crippen LogP contribution in [0.4, 0.5) is 24.5 Å². The summed E-state index contributed by atoms with van der Waals surface area (Å²) in [6, 6.07) is 11.4. The van der Waals surface area contributed by atoms with Crippen molar-refractivity contribution in [3.05, 3.63) is 59.7 Å². The predicted octanol–water partition coefficient (Wildman–Crippen LogP) is 3.59. The maximum Gasteiger partial charge on any atom is 0.416 e. The summed E-state index contributed by atoms with van der Waals surface area (Å²) in [7, 11) is 0. The molecule has 1 saturated heterocycles. The molecule has 0 aromatic heterocycles. The fraction of sp³-hybridized carbons (Fsp3) is 0.176. The van der Waals surface area contributed by atoms with Crippen molar-refractivity contribution in [1.29, 1.82) is 0 Å². The number of nitrogens with zero attached hydrogens (tertiary/aromatic N) is 1. The zero-order valence-electron chi connectivity index (χ0n) is 12.6. The molecule has 2 heterocycles. The van der Waals surface area contributed by atoms with Gasteiger partial charge in [0.1, 0.15) is 0 Å². The molecule has 2 aromatic rings. The van der Waals surface area contributed by atoms with Crippen LogP contribution >= 0.6 is 11.8 Å². The van der Waals surface area contributed by atoms with Gasteiger partial charge in [-0.2, -0.15) is 13.2 Å². The summed E-state index contributed by atoms with van der Waals surface area (Å²) in [6.07, 6.45) is -4.53. The summed E-state index contributed by atoms with van der Waals surface area (Å²) in [5, 5.41) is 2.72. The molecule has 0 saturated carbocycles. The van der Waals surface area contributed by atoms with Crippen LogP contribution in [0.5, 0.6) is 0 Å². The van der Waals surface area contributed by atoms with Crippen molar-refractivity contribution in [1.82, 2.24) is 0 Å². The van der Waals surface area contributed by atoms with Gasteiger partial charge in [0, 0.05) is 16.9 Å². The third-order valence-corrected chi connectivity index (χ3v) is 5.65. The van der Waals surface area contributed by atoms with Gasteiger partial charge in [0.05, 0.1) is 11.3 Å². The Morgan fingerprint density at radius 3 is 2.60 bits per heavy atom. The van der Waals surface area contributed by atoms with E-state index >= 15 is 0 Å². The maximum atomic E-state index is 13.0. The van der Waals surface area contributed by atoms with Gasteiger partial charge in [-0.05, 0) is 24.3 Å². The molecule has 0 unspecified atom stereocenters. The van der Waals surface area contributed by atoms with Crippen molar-refractivity contribution in [2.45, 2.75) is 11.0 Å². The quantitative estimate of drug-likeness (QED) is 0.841. The second-order valence-corrected chi connectivity index (χ2v) is 6.88. The summed E-state index contributed by atoms with van der Waals surface area (Å²) in [6.45, 7) is 0. The van der Waals surface area contributed by atoms with Gasteiger partial charge in [0.2, 0.25) is 10.8 Å². The fourth-order valence-electron chi connectivity index (χ4n) is 3.20. The molecule has 1 atom stereocenters. The first-order chi connectivity index (χ1) is 11.8. The van der Waals surface area contributed by atoms with Crippen LogP contribution in [0.3, 0.4) is 0 Å². The molecule has 4 nitrogen and oxygen atoms in total. The van der Waals surface area contributed by atoms with Crippen molar-refractivity contribution in [3.8, 4) is 0 Å². The Morgan fingerprint density at radius 1 is 1.08 bits per heavy atom. The minimum atomic E-state index is -4.53. The highest BCUT2D eigenvalue weighted by atomic mass is 32.2. The number of amides is 2. The summed E-state index contributed by atoms with van der Waals surface area (Å²) >= 11 is 1.11. The molecule has 0 aliphatic carbocycles. The second-order valence-electron chi connectivity index (χ2n) is 5.71. The van der Waals surface area contributed by atoms with E-state index in [1.54, 1.807) is 24.3 Å². The van der Waals surface area contributed by atoms with Gasteiger partial charge in [-0.3, -0.25) is 14.5 Å². The predicted molar refractivity (Wildman–Crippen MR) is 88.1 cm³/mol. The molecular formula is C17H11F3N2O2S. The number of thioether (sulfide) groups is 1. The first-order valence-corrected chi connectivity index (χ1v) is 8.38. The van der Waals surface area contributed by atoms with Gasteiger partial charge in [-0.1, -0.05) is 24.3 Å². The van der Waals surface area contributed by atoms with E-state index in [1.165, 1.54) is 17.0 Å². The third kappa shape index (κ3) is 2.24. The number of carbonyl (C=O) groups excluding carboxylic acids is 2. The Morgan fingerprint density at radius 2 is 1.84 bits per heavy atom. The van der Waals surface area contributed by atoms with Gasteiger partial charge in [0.25, 0.3) is 5.91 Å². The summed E-state index contributed by atoms with van der Waals surface area (Å²) < 4.78 is 39.1. The number of fused-ring (bicyclic) bond motifs is 2. The molecule has 25 heavy (non-hydrogen) atoms. The Hall–Kier alpha value is -2.48. The molecule has 1 spiro atoms. The Balaban J connectivity index is 1.89. The fourth-order valence-corrected chi connectivity index (χ4v) is 4.51. The number of para-hydroxylation sites is 1. The molecule has 2 aliphatic heterocycles. The molecule has 0 bridgehead atoms. The number of hydrogen-bond donors (Lipinski definition) is 1. The molecule has 8 heteroatoms. The number of benzene rings is 2. The van der Waals surface area contributed by atoms with E-state index in [2.05, 4.69) is 5.32 Å². The molecular weight excluding hydrogens is 353 g/mol. The van der Waals surface area contributed by atoms with Gasteiger partial charge in [-0.25, -0.2) is 0 Å². The van der Waals surface area contributed by atoms with Crippen molar-refractivity contribution in [3.63, 3.8) is 0 Å². The Labute approximate surface area is 145 Å². The molecule has 128 valence electrons. The van der Waals surface area contributed by atoms with Crippen LogP contribution in [0.1, 0.15) is 11.1 Å². The van der Waals surface area contributed by atoms with Crippen molar-refractivity contribution < 1.29 is 22.8 Å². The van der Waals surface area contributed by atoms with E-state index in [1.807, 2.05) is 0 Å². The highest BCUT2D eigenvalue weighted by Crippen LogP contribution is 2.53. The molecule has 1 N–H and O–H groups in total. The van der Waals surface area contributed by atoms with Crippen LogP contribution in [-0.2, 0) is 20.6 Å². The number of carbonyl (C=O) groups is 2. The number of hydrogen-bond acceptors (Lipinski definition) is 3. The first-order valence-electron chi connectivity index (χ1n) is 7.39. The monoisotopic (exact) mass is 364 g/mol. The van der Waals surface area contributed by atoms with Gasteiger partial charge < -0.3 is 5.32 Å². The topological polar surface area (TPSA) is 49.4 Å². The Kier molecular flexibility index (Phi) is 3.37. The highest BCUT2D eigenvalue weighted by Gasteiger charge is 2.58. The minimum absolute atomic E-state index is 0.0119. The van der Waals surface area contributed by atoms with Crippen molar-refractivity contribution >= 4 is 35.0 Å². The Bertz CT molecular complexity index is 899. The van der Waals surface area contributed by atoms with E-state index < -0.39 is 28.4 Å². The largest absolute Gasteiger partial charge is 0.416 e. The molecule has 1 fully saturated rings. The van der Waals surface area contributed by atoms with Crippen LogP contribution in [0, 0.1) is 0 Å². The van der Waals surface area contributed by atoms with Crippen LogP contribution < -0.4 is 10.2 Å². The SMILES string of the molecule is O=C1CS[C@@]2(C(=O)Nc3ccccc32)N1c1cccc(C(F)(F)F)c1. The number of rotatable bonds is 1. The summed E-state index contributed by atoms with van der Waals surface area (Å²) in [5.74, 6) is -0.823. The van der Waals surface area contributed by atoms with E-state index in [-0.39, 0.29) is 11.4 Å². The van der Waals surface area contributed by atoms with Crippen LogP contribution in [0.15, 0.2) is 48.5 Å². The standard InChI is InChI=1S/C17H11F3N2O2S/c18-17(19,20)10-4-3-5-11(8-10)22-14(23)9-25-16(22)12-6-1-2-7-13(12)21-15(16)24/h1-8H,9H2,(H,21,24)/t16-/m0/s1. The van der Waals surface area contributed by atoms with E-state index in [9.17, 15) is 22.8 Å². The number of anilines is 2. The van der Waals surface area contributed by atoms with Crippen LogP contribution in [0.2, 0.25) is 0 Å². The second kappa shape index (κ2) is 5.26. The average Bonchev–Trinajstić information content (AvgIpc) is 3.06. The average molecular weight is 364 g/mol. The van der Waals surface area contributed by atoms with E-state index in [0.29, 0.717) is 11.3 Å². The summed E-state index contributed by atoms with van der Waals surface area (Å²) in [5.41, 5.74) is 0.327.